The van der Waals surface area contributed by atoms with Gasteiger partial charge in [0.25, 0.3) is 5.91 Å². The van der Waals surface area contributed by atoms with Crippen LogP contribution in [0.1, 0.15) is 63.6 Å². The molecule has 1 aliphatic heterocycles. The Bertz CT molecular complexity index is 1590. The van der Waals surface area contributed by atoms with E-state index in [2.05, 4.69) is 21.3 Å². The highest BCUT2D eigenvalue weighted by Gasteiger charge is 2.34. The van der Waals surface area contributed by atoms with Gasteiger partial charge < -0.3 is 45.9 Å². The summed E-state index contributed by atoms with van der Waals surface area (Å²) in [5.41, 5.74) is 0.285. The summed E-state index contributed by atoms with van der Waals surface area (Å²) in [6.45, 7) is 3.65. The van der Waals surface area contributed by atoms with Gasteiger partial charge in [-0.05, 0) is 69.7 Å². The molecule has 1 fully saturated rings. The number of nitrogens with zero attached hydrogens (tertiary/aromatic N) is 1. The number of aliphatic hydroxyl groups is 2. The first kappa shape index (κ1) is 42.1. The van der Waals surface area contributed by atoms with Crippen molar-refractivity contribution in [3.05, 3.63) is 65.7 Å². The van der Waals surface area contributed by atoms with Crippen LogP contribution in [0.2, 0.25) is 0 Å². The fourth-order valence-electron chi connectivity index (χ4n) is 5.33. The molecule has 3 atom stereocenters. The summed E-state index contributed by atoms with van der Waals surface area (Å²) < 4.78 is 11.1. The average Bonchev–Trinajstić information content (AvgIpc) is 3.62. The monoisotopic (exact) mass is 739 g/mol. The van der Waals surface area contributed by atoms with Gasteiger partial charge in [0.05, 0.1) is 45.4 Å². The molecule has 1 saturated heterocycles. The van der Waals surface area contributed by atoms with Crippen LogP contribution in [0.4, 0.5) is 0 Å². The number of rotatable bonds is 19. The smallest absolute Gasteiger partial charge is 0.333 e. The van der Waals surface area contributed by atoms with Crippen LogP contribution in [0, 0.1) is 0 Å². The molecule has 0 saturated carbocycles. The van der Waals surface area contributed by atoms with E-state index in [4.69, 9.17) is 14.6 Å². The van der Waals surface area contributed by atoms with Crippen molar-refractivity contribution >= 4 is 41.3 Å². The van der Waals surface area contributed by atoms with E-state index < -0.39 is 78.2 Å². The van der Waals surface area contributed by atoms with Gasteiger partial charge in [0, 0.05) is 6.54 Å². The molecule has 16 heteroatoms. The summed E-state index contributed by atoms with van der Waals surface area (Å²) in [7, 11) is 0. The van der Waals surface area contributed by atoms with Crippen LogP contribution in [-0.4, -0.2) is 114 Å². The second kappa shape index (κ2) is 20.6. The minimum atomic E-state index is -1.16. The minimum absolute atomic E-state index is 0.0270. The van der Waals surface area contributed by atoms with Gasteiger partial charge in [-0.3, -0.25) is 28.8 Å². The predicted molar refractivity (Wildman–Crippen MR) is 190 cm³/mol. The predicted octanol–water partition coefficient (Wildman–Crippen LogP) is -0.151. The van der Waals surface area contributed by atoms with Crippen LogP contribution in [0.25, 0.3) is 0 Å². The number of hydrogen-bond acceptors (Lipinski definition) is 11. The van der Waals surface area contributed by atoms with Gasteiger partial charge in [-0.2, -0.15) is 0 Å². The van der Waals surface area contributed by atoms with Gasteiger partial charge in [0.1, 0.15) is 17.4 Å². The standard InChI is InChI=1S/C37H49N5O11/c1-37(2,3)53-36(51)33(25-11-5-4-6-12-25)41-31(47)21-40-35(50)29(45)20-39-34(49)28-15-8-16-42(28)32(48)22-38-30(46)19-24-10-7-14-27(18-24)52-17-9-13-26(44)23-43/h4-7,10-12,14,18,26,28,33,43-44H,8-9,13,15-17,19-23H2,1-3H3,(H,38,46)(H,39,49)(H,40,50)(H,41,47). The molecule has 53 heavy (non-hydrogen) atoms. The van der Waals surface area contributed by atoms with Gasteiger partial charge >= 0.3 is 5.97 Å². The molecule has 5 amide bonds. The molecule has 0 aliphatic carbocycles. The van der Waals surface area contributed by atoms with Gasteiger partial charge in [-0.15, -0.1) is 0 Å². The van der Waals surface area contributed by atoms with Crippen molar-refractivity contribution in [1.82, 2.24) is 26.2 Å². The third-order valence-electron chi connectivity index (χ3n) is 7.90. The van der Waals surface area contributed by atoms with E-state index in [0.29, 0.717) is 49.2 Å². The first-order chi connectivity index (χ1) is 25.2. The first-order valence-corrected chi connectivity index (χ1v) is 17.4. The number of ether oxygens (including phenoxy) is 2. The molecule has 2 aromatic carbocycles. The third kappa shape index (κ3) is 14.7. The minimum Gasteiger partial charge on any atom is -0.494 e. The van der Waals surface area contributed by atoms with E-state index in [1.807, 2.05) is 0 Å². The molecule has 16 nitrogen and oxygen atoms in total. The zero-order valence-electron chi connectivity index (χ0n) is 30.2. The Kier molecular flexibility index (Phi) is 16.4. The van der Waals surface area contributed by atoms with Crippen LogP contribution >= 0.6 is 0 Å². The second-order valence-corrected chi connectivity index (χ2v) is 13.4. The van der Waals surface area contributed by atoms with E-state index in [0.717, 1.165) is 0 Å². The van der Waals surface area contributed by atoms with Crippen molar-refractivity contribution in [3.8, 4) is 5.75 Å². The fraction of sp³-hybridized carbons (Fsp3) is 0.486. The molecule has 0 spiro atoms. The quantitative estimate of drug-likeness (QED) is 0.0631. The summed E-state index contributed by atoms with van der Waals surface area (Å²) in [5, 5.41) is 27.9. The molecule has 1 aliphatic rings. The lowest BCUT2D eigenvalue weighted by molar-refractivity contribution is -0.158. The number of hydrogen-bond donors (Lipinski definition) is 6. The lowest BCUT2D eigenvalue weighted by atomic mass is 10.1. The summed E-state index contributed by atoms with van der Waals surface area (Å²) in [5.74, 6) is -4.66. The fourth-order valence-corrected chi connectivity index (χ4v) is 5.33. The number of carbonyl (C=O) groups is 7. The number of benzene rings is 2. The molecule has 1 heterocycles. The van der Waals surface area contributed by atoms with Gasteiger partial charge in [0.2, 0.25) is 29.4 Å². The van der Waals surface area contributed by atoms with Crippen LogP contribution < -0.4 is 26.0 Å². The molecular weight excluding hydrogens is 690 g/mol. The summed E-state index contributed by atoms with van der Waals surface area (Å²) in [4.78, 5) is 90.0. The highest BCUT2D eigenvalue weighted by Crippen LogP contribution is 2.20. The Labute approximate surface area is 308 Å². The number of amides is 5. The van der Waals surface area contributed by atoms with Crippen molar-refractivity contribution in [2.75, 3.05) is 39.4 Å². The van der Waals surface area contributed by atoms with E-state index >= 15 is 0 Å². The Morgan fingerprint density at radius 1 is 0.906 bits per heavy atom. The number of ketones is 1. The van der Waals surface area contributed by atoms with Crippen LogP contribution in [0.15, 0.2) is 54.6 Å². The number of aliphatic hydroxyl groups excluding tert-OH is 2. The molecule has 6 N–H and O–H groups in total. The van der Waals surface area contributed by atoms with E-state index in [1.165, 1.54) is 4.90 Å². The molecule has 3 unspecified atom stereocenters. The van der Waals surface area contributed by atoms with Crippen LogP contribution in [0.3, 0.4) is 0 Å². The maximum Gasteiger partial charge on any atom is 0.333 e. The Balaban J connectivity index is 1.41. The van der Waals surface area contributed by atoms with Crippen molar-refractivity contribution < 1.29 is 53.2 Å². The second-order valence-electron chi connectivity index (χ2n) is 13.4. The molecule has 288 valence electrons. The van der Waals surface area contributed by atoms with Crippen molar-refractivity contribution in [3.63, 3.8) is 0 Å². The van der Waals surface area contributed by atoms with E-state index in [1.54, 1.807) is 75.4 Å². The number of Topliss-reactive ketones (excluding diaryl/α,β-unsaturated/α-hetero) is 1. The highest BCUT2D eigenvalue weighted by atomic mass is 16.6. The van der Waals surface area contributed by atoms with Crippen molar-refractivity contribution in [2.24, 2.45) is 0 Å². The SMILES string of the molecule is CC(C)(C)OC(=O)C(NC(=O)CNC(=O)C(=O)CNC(=O)C1CCCN1C(=O)CNC(=O)Cc1cccc(OCCCC(O)CO)c1)c1ccccc1. The third-order valence-corrected chi connectivity index (χ3v) is 7.90. The van der Waals surface area contributed by atoms with Crippen LogP contribution in [0.5, 0.6) is 5.75 Å². The zero-order valence-corrected chi connectivity index (χ0v) is 30.2. The maximum atomic E-state index is 12.9. The summed E-state index contributed by atoms with van der Waals surface area (Å²) >= 11 is 0. The van der Waals surface area contributed by atoms with E-state index in [-0.39, 0.29) is 26.1 Å². The van der Waals surface area contributed by atoms with Crippen LogP contribution in [-0.2, 0) is 44.7 Å². The average molecular weight is 740 g/mol. The van der Waals surface area contributed by atoms with Gasteiger partial charge in [-0.1, -0.05) is 42.5 Å². The molecule has 3 rings (SSSR count). The molecule has 0 bridgehead atoms. The molecule has 0 radical (unpaired) electrons. The largest absolute Gasteiger partial charge is 0.494 e. The number of nitrogens with one attached hydrogen (secondary N) is 4. The lowest BCUT2D eigenvalue weighted by Gasteiger charge is -2.25. The van der Waals surface area contributed by atoms with E-state index in [9.17, 15) is 38.7 Å². The normalized spacial score (nSPS) is 15.0. The Hall–Kier alpha value is -5.35. The molecule has 0 aromatic heterocycles. The van der Waals surface area contributed by atoms with Crippen molar-refractivity contribution in [2.45, 2.75) is 76.7 Å². The van der Waals surface area contributed by atoms with Crippen molar-refractivity contribution in [1.29, 1.82) is 0 Å². The zero-order chi connectivity index (χ0) is 39.0. The Morgan fingerprint density at radius 2 is 1.64 bits per heavy atom. The van der Waals surface area contributed by atoms with Gasteiger partial charge in [0.15, 0.2) is 6.04 Å². The molecular formula is C37H49N5O11. The topological polar surface area (TPSA) is 230 Å². The van der Waals surface area contributed by atoms with Gasteiger partial charge in [-0.25, -0.2) is 4.79 Å². The maximum absolute atomic E-state index is 12.9. The lowest BCUT2D eigenvalue weighted by Crippen LogP contribution is -2.51. The number of likely N-dealkylation sites (tertiary alicyclic amines) is 1. The number of esters is 1. The number of carbonyl (C=O) groups excluding carboxylic acids is 7. The highest BCUT2D eigenvalue weighted by molar-refractivity contribution is 6.37. The molecule has 2 aromatic rings. The first-order valence-electron chi connectivity index (χ1n) is 17.4. The Morgan fingerprint density at radius 3 is 2.34 bits per heavy atom. The summed E-state index contributed by atoms with van der Waals surface area (Å²) in [6.07, 6.45) is 0.929. The summed E-state index contributed by atoms with van der Waals surface area (Å²) in [6, 6.07) is 13.2.